The van der Waals surface area contributed by atoms with Crippen LogP contribution < -0.4 is 0 Å². The van der Waals surface area contributed by atoms with Gasteiger partial charge in [-0.2, -0.15) is 13.2 Å². The molecule has 0 radical (unpaired) electrons. The van der Waals surface area contributed by atoms with E-state index in [4.69, 9.17) is 0 Å². The zero-order valence-electron chi connectivity index (χ0n) is 11.3. The number of nitrogens with zero attached hydrogens (tertiary/aromatic N) is 1. The molecule has 3 nitrogen and oxygen atoms in total. The molecule has 1 heterocycles. The Morgan fingerprint density at radius 3 is 2.62 bits per heavy atom. The first kappa shape index (κ1) is 15.8. The quantitative estimate of drug-likeness (QED) is 0.854. The van der Waals surface area contributed by atoms with E-state index in [1.165, 1.54) is 4.90 Å². The summed E-state index contributed by atoms with van der Waals surface area (Å²) in [5.74, 6) is -2.07. The van der Waals surface area contributed by atoms with E-state index in [1.807, 2.05) is 0 Å². The van der Waals surface area contributed by atoms with E-state index in [1.54, 1.807) is 6.92 Å². The number of aliphatic hydroxyl groups is 1. The minimum absolute atomic E-state index is 0.0866. The molecule has 1 fully saturated rings. The fourth-order valence-corrected chi connectivity index (χ4v) is 2.42. The molecule has 0 bridgehead atoms. The van der Waals surface area contributed by atoms with Crippen molar-refractivity contribution in [3.05, 3.63) is 35.1 Å². The standard InChI is InChI=1S/C14H15F4NO2/c1-8(20)10-4-5-19(7-10)13(21)9-2-3-12(15)11(6-9)14(16,17)18/h2-3,6,8,10,20H,4-5,7H2,1H3. The fraction of sp³-hybridized carbons (Fsp3) is 0.500. The van der Waals surface area contributed by atoms with Crippen LogP contribution in [0.5, 0.6) is 0 Å². The van der Waals surface area contributed by atoms with E-state index in [2.05, 4.69) is 0 Å². The number of likely N-dealkylation sites (tertiary alicyclic amines) is 1. The Hall–Kier alpha value is -1.63. The van der Waals surface area contributed by atoms with Gasteiger partial charge in [0.25, 0.3) is 5.91 Å². The van der Waals surface area contributed by atoms with Gasteiger partial charge in [-0.3, -0.25) is 4.79 Å². The van der Waals surface area contributed by atoms with Crippen LogP contribution in [0.1, 0.15) is 29.3 Å². The van der Waals surface area contributed by atoms with Gasteiger partial charge in [0.15, 0.2) is 0 Å². The van der Waals surface area contributed by atoms with Gasteiger partial charge in [0.2, 0.25) is 0 Å². The van der Waals surface area contributed by atoms with Crippen molar-refractivity contribution in [2.75, 3.05) is 13.1 Å². The lowest BCUT2D eigenvalue weighted by atomic mass is 10.0. The highest BCUT2D eigenvalue weighted by atomic mass is 19.4. The Bertz CT molecular complexity index is 542. The summed E-state index contributed by atoms with van der Waals surface area (Å²) in [4.78, 5) is 13.5. The maximum absolute atomic E-state index is 13.2. The predicted octanol–water partition coefficient (Wildman–Crippen LogP) is 2.69. The van der Waals surface area contributed by atoms with Gasteiger partial charge in [0, 0.05) is 24.6 Å². The molecule has 0 saturated carbocycles. The van der Waals surface area contributed by atoms with Gasteiger partial charge >= 0.3 is 6.18 Å². The molecule has 0 aliphatic carbocycles. The van der Waals surface area contributed by atoms with Crippen LogP contribution in [0.25, 0.3) is 0 Å². The molecule has 2 rings (SSSR count). The molecule has 7 heteroatoms. The summed E-state index contributed by atoms with van der Waals surface area (Å²) in [5, 5.41) is 9.47. The number of halogens is 4. The second kappa shape index (κ2) is 5.63. The minimum atomic E-state index is -4.84. The van der Waals surface area contributed by atoms with E-state index in [9.17, 15) is 27.5 Å². The third-order valence-electron chi connectivity index (χ3n) is 3.71. The topological polar surface area (TPSA) is 40.5 Å². The van der Waals surface area contributed by atoms with E-state index < -0.39 is 29.6 Å². The molecule has 1 amide bonds. The third kappa shape index (κ3) is 3.34. The number of carbonyl (C=O) groups excluding carboxylic acids is 1. The summed E-state index contributed by atoms with van der Waals surface area (Å²) < 4.78 is 51.1. The fourth-order valence-electron chi connectivity index (χ4n) is 2.42. The molecule has 0 spiro atoms. The van der Waals surface area contributed by atoms with Crippen molar-refractivity contribution in [1.29, 1.82) is 0 Å². The van der Waals surface area contributed by atoms with Crippen LogP contribution in [0, 0.1) is 11.7 Å². The van der Waals surface area contributed by atoms with Crippen molar-refractivity contribution >= 4 is 5.91 Å². The van der Waals surface area contributed by atoms with Crippen LogP contribution in [0.2, 0.25) is 0 Å². The summed E-state index contributed by atoms with van der Waals surface area (Å²) in [6.07, 6.45) is -4.83. The van der Waals surface area contributed by atoms with Crippen molar-refractivity contribution in [2.45, 2.75) is 25.6 Å². The van der Waals surface area contributed by atoms with Crippen molar-refractivity contribution in [3.8, 4) is 0 Å². The SMILES string of the molecule is CC(O)C1CCN(C(=O)c2ccc(F)c(C(F)(F)F)c2)C1. The predicted molar refractivity (Wildman–Crippen MR) is 67.1 cm³/mol. The highest BCUT2D eigenvalue weighted by Gasteiger charge is 2.36. The second-order valence-corrected chi connectivity index (χ2v) is 5.23. The zero-order valence-corrected chi connectivity index (χ0v) is 11.3. The number of hydrogen-bond donors (Lipinski definition) is 1. The van der Waals surface area contributed by atoms with Crippen molar-refractivity contribution in [3.63, 3.8) is 0 Å². The largest absolute Gasteiger partial charge is 0.419 e. The number of amides is 1. The van der Waals surface area contributed by atoms with Crippen LogP contribution in [0.15, 0.2) is 18.2 Å². The van der Waals surface area contributed by atoms with Gasteiger partial charge in [-0.25, -0.2) is 4.39 Å². The molecule has 1 aromatic carbocycles. The molecule has 1 aromatic rings. The molecular formula is C14H15F4NO2. The lowest BCUT2D eigenvalue weighted by Gasteiger charge is -2.18. The lowest BCUT2D eigenvalue weighted by Crippen LogP contribution is -2.30. The van der Waals surface area contributed by atoms with Crippen LogP contribution in [-0.4, -0.2) is 35.1 Å². The van der Waals surface area contributed by atoms with Gasteiger partial charge < -0.3 is 10.0 Å². The normalized spacial score (nSPS) is 20.7. The monoisotopic (exact) mass is 305 g/mol. The first-order chi connectivity index (χ1) is 9.70. The molecule has 116 valence electrons. The highest BCUT2D eigenvalue weighted by molar-refractivity contribution is 5.94. The average molecular weight is 305 g/mol. The molecule has 0 aromatic heterocycles. The molecule has 1 aliphatic rings. The van der Waals surface area contributed by atoms with Crippen LogP contribution in [-0.2, 0) is 6.18 Å². The molecule has 1 N–H and O–H groups in total. The first-order valence-electron chi connectivity index (χ1n) is 6.54. The third-order valence-corrected chi connectivity index (χ3v) is 3.71. The van der Waals surface area contributed by atoms with Crippen molar-refractivity contribution in [1.82, 2.24) is 4.90 Å². The molecular weight excluding hydrogens is 290 g/mol. The Labute approximate surface area is 119 Å². The molecule has 2 atom stereocenters. The Kier molecular flexibility index (Phi) is 4.22. The van der Waals surface area contributed by atoms with E-state index in [0.717, 1.165) is 6.07 Å². The highest BCUT2D eigenvalue weighted by Crippen LogP contribution is 2.32. The molecule has 2 unspecified atom stereocenters. The Balaban J connectivity index is 2.21. The summed E-state index contributed by atoms with van der Waals surface area (Å²) in [5.41, 5.74) is -1.64. The van der Waals surface area contributed by atoms with E-state index in [0.29, 0.717) is 25.1 Å². The number of rotatable bonds is 2. The number of alkyl halides is 3. The summed E-state index contributed by atoms with van der Waals surface area (Å²) >= 11 is 0. The van der Waals surface area contributed by atoms with Gasteiger partial charge in [-0.05, 0) is 31.5 Å². The lowest BCUT2D eigenvalue weighted by molar-refractivity contribution is -0.140. The molecule has 21 heavy (non-hydrogen) atoms. The molecule has 1 saturated heterocycles. The van der Waals surface area contributed by atoms with Crippen molar-refractivity contribution < 1.29 is 27.5 Å². The van der Waals surface area contributed by atoms with Crippen molar-refractivity contribution in [2.24, 2.45) is 5.92 Å². The smallest absolute Gasteiger partial charge is 0.393 e. The van der Waals surface area contributed by atoms with Gasteiger partial charge in [0.1, 0.15) is 5.82 Å². The maximum atomic E-state index is 13.2. The van der Waals surface area contributed by atoms with E-state index >= 15 is 0 Å². The van der Waals surface area contributed by atoms with Gasteiger partial charge in [-0.1, -0.05) is 0 Å². The first-order valence-corrected chi connectivity index (χ1v) is 6.54. The minimum Gasteiger partial charge on any atom is -0.393 e. The summed E-state index contributed by atoms with van der Waals surface area (Å²) in [6, 6.07) is 2.23. The van der Waals surface area contributed by atoms with Crippen LogP contribution >= 0.6 is 0 Å². The van der Waals surface area contributed by atoms with E-state index in [-0.39, 0.29) is 18.0 Å². The summed E-state index contributed by atoms with van der Waals surface area (Å²) in [7, 11) is 0. The van der Waals surface area contributed by atoms with Gasteiger partial charge in [-0.15, -0.1) is 0 Å². The maximum Gasteiger partial charge on any atom is 0.419 e. The number of carbonyl (C=O) groups is 1. The van der Waals surface area contributed by atoms with Crippen LogP contribution in [0.3, 0.4) is 0 Å². The summed E-state index contributed by atoms with van der Waals surface area (Å²) in [6.45, 7) is 2.26. The number of aliphatic hydroxyl groups excluding tert-OH is 1. The number of benzene rings is 1. The van der Waals surface area contributed by atoms with Crippen LogP contribution in [0.4, 0.5) is 17.6 Å². The molecule has 1 aliphatic heterocycles. The second-order valence-electron chi connectivity index (χ2n) is 5.23. The number of hydrogen-bond acceptors (Lipinski definition) is 2. The average Bonchev–Trinajstić information content (AvgIpc) is 2.86. The Morgan fingerprint density at radius 2 is 2.10 bits per heavy atom. The Morgan fingerprint density at radius 1 is 1.43 bits per heavy atom. The zero-order chi connectivity index (χ0) is 15.8. The van der Waals surface area contributed by atoms with Gasteiger partial charge in [0.05, 0.1) is 11.7 Å².